The normalized spacial score (nSPS) is 14.2. The van der Waals surface area contributed by atoms with Gasteiger partial charge in [0.25, 0.3) is 0 Å². The number of hydrogen-bond acceptors (Lipinski definition) is 4. The van der Waals surface area contributed by atoms with Gasteiger partial charge in [0.1, 0.15) is 5.41 Å². The Morgan fingerprint density at radius 2 is 1.95 bits per heavy atom. The van der Waals surface area contributed by atoms with Crippen molar-refractivity contribution < 1.29 is 14.3 Å². The molecule has 0 aliphatic carbocycles. The van der Waals surface area contributed by atoms with Crippen LogP contribution in [0, 0.1) is 5.41 Å². The number of thioether (sulfide) groups is 1. The highest BCUT2D eigenvalue weighted by Gasteiger charge is 2.46. The molecule has 0 saturated carbocycles. The van der Waals surface area contributed by atoms with E-state index in [1.54, 1.807) is 0 Å². The Morgan fingerprint density at radius 3 is 2.32 bits per heavy atom. The van der Waals surface area contributed by atoms with E-state index in [4.69, 9.17) is 10.3 Å². The zero-order chi connectivity index (χ0) is 15.1. The van der Waals surface area contributed by atoms with Crippen molar-refractivity contribution in [2.24, 2.45) is 10.5 Å². The summed E-state index contributed by atoms with van der Waals surface area (Å²) in [4.78, 5) is 26.6. The van der Waals surface area contributed by atoms with Gasteiger partial charge < -0.3 is 4.74 Å². The highest BCUT2D eigenvalue weighted by Crippen LogP contribution is 2.36. The fourth-order valence-electron chi connectivity index (χ4n) is 1.59. The summed E-state index contributed by atoms with van der Waals surface area (Å²) in [5, 5.41) is 3.11. The molecule has 7 heteroatoms. The first-order valence-electron chi connectivity index (χ1n) is 6.05. The fraction of sp³-hybridized carbons (Fsp3) is 0.833. The van der Waals surface area contributed by atoms with Gasteiger partial charge >= 0.3 is 5.97 Å². The molecule has 1 amide bonds. The lowest BCUT2D eigenvalue weighted by molar-refractivity contribution is -0.156. The Kier molecular flexibility index (Phi) is 6.94. The molecule has 0 fully saturated rings. The van der Waals surface area contributed by atoms with Crippen molar-refractivity contribution in [2.75, 3.05) is 12.9 Å². The number of methoxy groups -OCH3 is 1. The van der Waals surface area contributed by atoms with Crippen molar-refractivity contribution >= 4 is 23.6 Å². The van der Waals surface area contributed by atoms with Gasteiger partial charge in [0.2, 0.25) is 5.91 Å². The molecule has 0 N–H and O–H groups in total. The van der Waals surface area contributed by atoms with Crippen LogP contribution in [0.1, 0.15) is 40.5 Å². The van der Waals surface area contributed by atoms with Gasteiger partial charge in [0.05, 0.1) is 7.11 Å². The summed E-state index contributed by atoms with van der Waals surface area (Å²) >= 11 is 1.47. The van der Waals surface area contributed by atoms with Crippen LogP contribution < -0.4 is 0 Å². The molecule has 0 rings (SSSR count). The first kappa shape index (κ1) is 17.8. The average Bonchev–Trinajstić information content (AvgIpc) is 2.32. The van der Waals surface area contributed by atoms with E-state index in [9.17, 15) is 9.59 Å². The third-order valence-corrected chi connectivity index (χ3v) is 4.05. The van der Waals surface area contributed by atoms with Gasteiger partial charge in [0.15, 0.2) is 0 Å². The number of carbonyl (C=O) groups is 2. The summed E-state index contributed by atoms with van der Waals surface area (Å²) in [5.74, 6) is -1.15. The molecule has 6 nitrogen and oxygen atoms in total. The number of amides is 1. The predicted molar refractivity (Wildman–Crippen MR) is 75.7 cm³/mol. The lowest BCUT2D eigenvalue weighted by Gasteiger charge is -2.30. The molecular weight excluding hydrogens is 266 g/mol. The molecule has 0 radical (unpaired) electrons. The number of esters is 1. The van der Waals surface area contributed by atoms with Crippen molar-refractivity contribution in [1.82, 2.24) is 0 Å². The molecule has 0 aromatic heterocycles. The number of azide groups is 1. The molecule has 1 atom stereocenters. The second kappa shape index (κ2) is 7.40. The van der Waals surface area contributed by atoms with Crippen molar-refractivity contribution in [2.45, 2.75) is 45.3 Å². The average molecular weight is 287 g/mol. The van der Waals surface area contributed by atoms with Gasteiger partial charge in [-0.05, 0) is 17.1 Å². The lowest BCUT2D eigenvalue weighted by Crippen LogP contribution is -2.42. The van der Waals surface area contributed by atoms with Crippen LogP contribution in [0.25, 0.3) is 10.4 Å². The third kappa shape index (κ3) is 5.12. The van der Waals surface area contributed by atoms with E-state index >= 15 is 0 Å². The number of rotatable bonds is 6. The Bertz CT molecular complexity index is 386. The molecule has 0 aromatic carbocycles. The summed E-state index contributed by atoms with van der Waals surface area (Å²) in [6.45, 7) is 7.83. The molecule has 0 aromatic rings. The van der Waals surface area contributed by atoms with Crippen LogP contribution in [-0.4, -0.2) is 29.5 Å². The first-order valence-corrected chi connectivity index (χ1v) is 7.04. The molecule has 0 spiro atoms. The minimum atomic E-state index is -1.38. The molecule has 0 saturated heterocycles. The van der Waals surface area contributed by atoms with Crippen LogP contribution in [0.2, 0.25) is 0 Å². The topological polar surface area (TPSA) is 92.1 Å². The van der Waals surface area contributed by atoms with Crippen LogP contribution in [0.4, 0.5) is 0 Å². The number of ether oxygens (including phenoxy) is 1. The summed E-state index contributed by atoms with van der Waals surface area (Å²) in [5.41, 5.74) is 7.05. The lowest BCUT2D eigenvalue weighted by atomic mass is 9.84. The first-order chi connectivity index (χ1) is 8.73. The maximum absolute atomic E-state index is 12.0. The zero-order valence-corrected chi connectivity index (χ0v) is 12.9. The highest BCUT2D eigenvalue weighted by molar-refractivity contribution is 8.00. The van der Waals surface area contributed by atoms with E-state index in [2.05, 4.69) is 10.0 Å². The van der Waals surface area contributed by atoms with Crippen LogP contribution in [-0.2, 0) is 14.3 Å². The quantitative estimate of drug-likeness (QED) is 0.246. The van der Waals surface area contributed by atoms with Gasteiger partial charge in [-0.25, -0.2) is 0 Å². The van der Waals surface area contributed by atoms with E-state index in [1.807, 2.05) is 27.7 Å². The number of hydrogen-bond donors (Lipinski definition) is 0. The summed E-state index contributed by atoms with van der Waals surface area (Å²) < 4.78 is 4.64. The van der Waals surface area contributed by atoms with Crippen molar-refractivity contribution in [3.63, 3.8) is 0 Å². The molecule has 0 aliphatic rings. The number of nitrogens with zero attached hydrogens (tertiary/aromatic N) is 3. The number of carbonyl (C=O) groups excluding carboxylic acids is 2. The summed E-state index contributed by atoms with van der Waals surface area (Å²) in [6.07, 6.45) is 0.924. The fourth-order valence-corrected chi connectivity index (χ4v) is 2.65. The second-order valence-corrected chi connectivity index (χ2v) is 7.02. The van der Waals surface area contributed by atoms with E-state index in [-0.39, 0.29) is 10.5 Å². The maximum Gasteiger partial charge on any atom is 0.320 e. The minimum absolute atomic E-state index is 0.107. The standard InChI is InChI=1S/C12H21N3O3S/c1-6-7-12(10(17)18-5,9(16)14-15-13)8-19-11(2,3)4/h6-8H2,1-5H3/t12-/m0/s1. The van der Waals surface area contributed by atoms with Crippen LogP contribution >= 0.6 is 11.8 Å². The van der Waals surface area contributed by atoms with Gasteiger partial charge in [0, 0.05) is 15.4 Å². The van der Waals surface area contributed by atoms with Gasteiger partial charge in [-0.3, -0.25) is 9.59 Å². The smallest absolute Gasteiger partial charge is 0.320 e. The Hall–Kier alpha value is -1.20. The summed E-state index contributed by atoms with van der Waals surface area (Å²) in [7, 11) is 1.23. The van der Waals surface area contributed by atoms with E-state index in [1.165, 1.54) is 18.9 Å². The van der Waals surface area contributed by atoms with Crippen molar-refractivity contribution in [1.29, 1.82) is 0 Å². The monoisotopic (exact) mass is 287 g/mol. The molecule has 0 heterocycles. The van der Waals surface area contributed by atoms with Gasteiger partial charge in [-0.15, -0.1) is 0 Å². The minimum Gasteiger partial charge on any atom is -0.468 e. The Labute approximate surface area is 117 Å². The van der Waals surface area contributed by atoms with Crippen LogP contribution in [0.3, 0.4) is 0 Å². The van der Waals surface area contributed by atoms with Crippen molar-refractivity contribution in [3.8, 4) is 0 Å². The SMILES string of the molecule is CCC[C@](CSC(C)(C)C)(C(=O)N=[N+]=[N-])C(=O)OC. The molecule has 0 bridgehead atoms. The molecular formula is C12H21N3O3S. The van der Waals surface area contributed by atoms with Crippen LogP contribution in [0.5, 0.6) is 0 Å². The van der Waals surface area contributed by atoms with E-state index < -0.39 is 17.3 Å². The highest BCUT2D eigenvalue weighted by atomic mass is 32.2. The molecule has 19 heavy (non-hydrogen) atoms. The Morgan fingerprint density at radius 1 is 1.37 bits per heavy atom. The summed E-state index contributed by atoms with van der Waals surface area (Å²) in [6, 6.07) is 0. The van der Waals surface area contributed by atoms with Gasteiger partial charge in [-0.1, -0.05) is 34.1 Å². The molecule has 0 aliphatic heterocycles. The largest absolute Gasteiger partial charge is 0.468 e. The Balaban J connectivity index is 5.43. The predicted octanol–water partition coefficient (Wildman–Crippen LogP) is 3.31. The molecule has 0 unspecified atom stereocenters. The van der Waals surface area contributed by atoms with Crippen LogP contribution in [0.15, 0.2) is 5.11 Å². The van der Waals surface area contributed by atoms with Crippen molar-refractivity contribution in [3.05, 3.63) is 10.4 Å². The maximum atomic E-state index is 12.0. The van der Waals surface area contributed by atoms with Gasteiger partial charge in [-0.2, -0.15) is 11.8 Å². The second-order valence-electron chi connectivity index (χ2n) is 5.22. The molecule has 108 valence electrons. The zero-order valence-electron chi connectivity index (χ0n) is 12.1. The van der Waals surface area contributed by atoms with E-state index in [0.29, 0.717) is 12.8 Å². The third-order valence-electron chi connectivity index (χ3n) is 2.55. The van der Waals surface area contributed by atoms with E-state index in [0.717, 1.165) is 0 Å².